The summed E-state index contributed by atoms with van der Waals surface area (Å²) < 4.78 is 24.8. The van der Waals surface area contributed by atoms with Crippen LogP contribution in [0.5, 0.6) is 0 Å². The van der Waals surface area contributed by atoms with Crippen molar-refractivity contribution in [3.05, 3.63) is 36.2 Å². The third-order valence-corrected chi connectivity index (χ3v) is 7.09. The van der Waals surface area contributed by atoms with Crippen LogP contribution in [-0.2, 0) is 14.6 Å². The molecule has 0 bridgehead atoms. The Kier molecular flexibility index (Phi) is 4.74. The minimum atomic E-state index is -2.99. The maximum Gasteiger partial charge on any atom is 0.230 e. The second-order valence-electron chi connectivity index (χ2n) is 6.73. The molecule has 1 saturated heterocycles. The molecule has 2 fully saturated rings. The van der Waals surface area contributed by atoms with E-state index >= 15 is 0 Å². The van der Waals surface area contributed by atoms with Crippen molar-refractivity contribution in [2.75, 3.05) is 17.3 Å². The fourth-order valence-electron chi connectivity index (χ4n) is 3.04. The number of hydrogen-bond acceptors (Lipinski definition) is 6. The Morgan fingerprint density at radius 1 is 1.23 bits per heavy atom. The van der Waals surface area contributed by atoms with Gasteiger partial charge in [0.15, 0.2) is 9.84 Å². The van der Waals surface area contributed by atoms with Crippen LogP contribution in [0.25, 0.3) is 5.69 Å². The molecule has 1 aliphatic heterocycles. The van der Waals surface area contributed by atoms with E-state index in [2.05, 4.69) is 15.4 Å². The number of thioether (sulfide) groups is 1. The summed E-state index contributed by atoms with van der Waals surface area (Å²) in [5.74, 6) is 1.57. The number of para-hydroxylation sites is 1. The smallest absolute Gasteiger partial charge is 0.230 e. The zero-order valence-electron chi connectivity index (χ0n) is 14.2. The van der Waals surface area contributed by atoms with Gasteiger partial charge < -0.3 is 5.32 Å². The van der Waals surface area contributed by atoms with Gasteiger partial charge in [-0.1, -0.05) is 30.0 Å². The summed E-state index contributed by atoms with van der Waals surface area (Å²) in [6, 6.07) is 9.59. The molecule has 2 aliphatic rings. The van der Waals surface area contributed by atoms with Gasteiger partial charge in [-0.3, -0.25) is 4.79 Å². The lowest BCUT2D eigenvalue weighted by Gasteiger charge is -2.09. The number of aromatic nitrogens is 3. The first kappa shape index (κ1) is 17.5. The molecule has 1 N–H and O–H groups in total. The van der Waals surface area contributed by atoms with Crippen molar-refractivity contribution >= 4 is 27.5 Å². The highest BCUT2D eigenvalue weighted by Gasteiger charge is 2.31. The molecule has 2 aromatic rings. The average molecular weight is 393 g/mol. The molecule has 26 heavy (non-hydrogen) atoms. The van der Waals surface area contributed by atoms with Gasteiger partial charge in [0.05, 0.1) is 22.9 Å². The van der Waals surface area contributed by atoms with Gasteiger partial charge in [0.25, 0.3) is 0 Å². The van der Waals surface area contributed by atoms with Crippen LogP contribution >= 0.6 is 11.8 Å². The van der Waals surface area contributed by atoms with Crippen LogP contribution < -0.4 is 5.32 Å². The average Bonchev–Trinajstić information content (AvgIpc) is 3.29. The normalized spacial score (nSPS) is 21.6. The molecule has 1 atom stereocenters. The van der Waals surface area contributed by atoms with E-state index in [1.165, 1.54) is 11.8 Å². The van der Waals surface area contributed by atoms with Crippen LogP contribution in [0.15, 0.2) is 35.5 Å². The van der Waals surface area contributed by atoms with Crippen molar-refractivity contribution in [3.63, 3.8) is 0 Å². The predicted octanol–water partition coefficient (Wildman–Crippen LogP) is 1.54. The van der Waals surface area contributed by atoms with Gasteiger partial charge in [-0.25, -0.2) is 18.1 Å². The summed E-state index contributed by atoms with van der Waals surface area (Å²) in [5.41, 5.74) is 0.967. The molecule has 7 nitrogen and oxygen atoms in total. The van der Waals surface area contributed by atoms with Crippen LogP contribution in [-0.4, -0.2) is 52.4 Å². The van der Waals surface area contributed by atoms with Crippen LogP contribution in [0.4, 0.5) is 0 Å². The van der Waals surface area contributed by atoms with Crippen LogP contribution in [0.3, 0.4) is 0 Å². The van der Waals surface area contributed by atoms with Crippen molar-refractivity contribution < 1.29 is 13.2 Å². The molecule has 2 heterocycles. The Labute approximate surface area is 156 Å². The lowest BCUT2D eigenvalue weighted by atomic mass is 10.3. The summed E-state index contributed by atoms with van der Waals surface area (Å²) in [6.45, 7) is 0. The molecule has 1 aromatic carbocycles. The quantitative estimate of drug-likeness (QED) is 0.750. The maximum absolute atomic E-state index is 12.1. The Morgan fingerprint density at radius 2 is 2.00 bits per heavy atom. The SMILES string of the molecule is O=C(CSc1nc(C2CC2)n(-c2ccccc2)n1)N[C@H]1CCS(=O)(=O)C1. The summed E-state index contributed by atoms with van der Waals surface area (Å²) >= 11 is 1.28. The Morgan fingerprint density at radius 3 is 2.65 bits per heavy atom. The van der Waals surface area contributed by atoms with E-state index in [-0.39, 0.29) is 29.2 Å². The van der Waals surface area contributed by atoms with Gasteiger partial charge in [-0.2, -0.15) is 0 Å². The van der Waals surface area contributed by atoms with Crippen LogP contribution in [0.1, 0.15) is 31.0 Å². The Bertz CT molecular complexity index is 907. The van der Waals surface area contributed by atoms with Gasteiger partial charge in [-0.05, 0) is 31.4 Å². The summed E-state index contributed by atoms with van der Waals surface area (Å²) in [7, 11) is -2.99. The number of hydrogen-bond donors (Lipinski definition) is 1. The topological polar surface area (TPSA) is 93.9 Å². The first-order valence-electron chi connectivity index (χ1n) is 8.65. The minimum absolute atomic E-state index is 0.0378. The number of nitrogens with one attached hydrogen (secondary N) is 1. The predicted molar refractivity (Wildman–Crippen MR) is 99.3 cm³/mol. The molecule has 4 rings (SSSR count). The highest BCUT2D eigenvalue weighted by atomic mass is 32.2. The van der Waals surface area contributed by atoms with Gasteiger partial charge in [0.1, 0.15) is 5.82 Å². The molecule has 0 spiro atoms. The second kappa shape index (κ2) is 7.03. The van der Waals surface area contributed by atoms with Crippen molar-refractivity contribution in [1.82, 2.24) is 20.1 Å². The molecular formula is C17H20N4O3S2. The fraction of sp³-hybridized carbons (Fsp3) is 0.471. The van der Waals surface area contributed by atoms with Gasteiger partial charge >= 0.3 is 0 Å². The number of carbonyl (C=O) groups is 1. The van der Waals surface area contributed by atoms with Crippen molar-refractivity contribution in [1.29, 1.82) is 0 Å². The first-order chi connectivity index (χ1) is 12.5. The Hall–Kier alpha value is -1.87. The van der Waals surface area contributed by atoms with E-state index in [1.54, 1.807) is 0 Å². The summed E-state index contributed by atoms with van der Waals surface area (Å²) in [5, 5.41) is 7.93. The number of rotatable bonds is 6. The number of amides is 1. The zero-order valence-corrected chi connectivity index (χ0v) is 15.8. The number of benzene rings is 1. The number of carbonyl (C=O) groups excluding carboxylic acids is 1. The molecule has 1 amide bonds. The first-order valence-corrected chi connectivity index (χ1v) is 11.5. The largest absolute Gasteiger partial charge is 0.352 e. The lowest BCUT2D eigenvalue weighted by molar-refractivity contribution is -0.119. The van der Waals surface area contributed by atoms with Gasteiger partial charge in [-0.15, -0.1) is 5.10 Å². The highest BCUT2D eigenvalue weighted by Crippen LogP contribution is 2.40. The van der Waals surface area contributed by atoms with E-state index in [1.807, 2.05) is 35.0 Å². The van der Waals surface area contributed by atoms with Crippen molar-refractivity contribution in [3.8, 4) is 5.69 Å². The molecule has 1 saturated carbocycles. The third kappa shape index (κ3) is 4.09. The van der Waals surface area contributed by atoms with E-state index in [0.29, 0.717) is 17.5 Å². The van der Waals surface area contributed by atoms with Gasteiger partial charge in [0, 0.05) is 12.0 Å². The maximum atomic E-state index is 12.1. The van der Waals surface area contributed by atoms with Gasteiger partial charge in [0.2, 0.25) is 11.1 Å². The van der Waals surface area contributed by atoms with Crippen molar-refractivity contribution in [2.45, 2.75) is 36.4 Å². The number of nitrogens with zero attached hydrogens (tertiary/aromatic N) is 3. The Balaban J connectivity index is 1.40. The van der Waals surface area contributed by atoms with E-state index in [4.69, 9.17) is 0 Å². The summed E-state index contributed by atoms with van der Waals surface area (Å²) in [6.07, 6.45) is 2.73. The second-order valence-corrected chi connectivity index (χ2v) is 9.90. The molecule has 9 heteroatoms. The molecule has 0 unspecified atom stereocenters. The molecule has 138 valence electrons. The third-order valence-electron chi connectivity index (χ3n) is 4.49. The standard InChI is InChI=1S/C17H20N4O3S2/c22-15(18-13-8-9-26(23,24)11-13)10-25-17-19-16(12-6-7-12)21(20-17)14-4-2-1-3-5-14/h1-5,12-13H,6-11H2,(H,18,22)/t13-/m0/s1. The van der Waals surface area contributed by atoms with E-state index in [9.17, 15) is 13.2 Å². The van der Waals surface area contributed by atoms with Crippen molar-refractivity contribution in [2.24, 2.45) is 0 Å². The highest BCUT2D eigenvalue weighted by molar-refractivity contribution is 7.99. The number of sulfone groups is 1. The van der Waals surface area contributed by atoms with Crippen LogP contribution in [0.2, 0.25) is 0 Å². The van der Waals surface area contributed by atoms with E-state index < -0.39 is 9.84 Å². The minimum Gasteiger partial charge on any atom is -0.352 e. The van der Waals surface area contributed by atoms with E-state index in [0.717, 1.165) is 24.4 Å². The monoisotopic (exact) mass is 392 g/mol. The zero-order chi connectivity index (χ0) is 18.1. The molecule has 1 aromatic heterocycles. The molecular weight excluding hydrogens is 372 g/mol. The molecule has 0 radical (unpaired) electrons. The molecule has 1 aliphatic carbocycles. The lowest BCUT2D eigenvalue weighted by Crippen LogP contribution is -2.36. The van der Waals surface area contributed by atoms with Crippen LogP contribution in [0, 0.1) is 0 Å². The fourth-order valence-corrected chi connectivity index (χ4v) is 5.35. The summed E-state index contributed by atoms with van der Waals surface area (Å²) in [4.78, 5) is 16.7.